The molecule has 5 nitrogen and oxygen atoms in total. The standard InChI is InChI=1S/C15H31NO4Si/c1-4-19-21(20-5-2)13(3)7-6-8-16(9-14-11-17-14)10-15-12-18-15/h13-15,21H,4-12H2,1-3H3. The molecule has 0 radical (unpaired) electrons. The van der Waals surface area contributed by atoms with Crippen molar-refractivity contribution in [3.63, 3.8) is 0 Å². The molecule has 0 amide bonds. The van der Waals surface area contributed by atoms with E-state index in [4.69, 9.17) is 18.3 Å². The average Bonchev–Trinajstić information content (AvgIpc) is 3.34. The Hall–Kier alpha value is 0.0169. The lowest BCUT2D eigenvalue weighted by Gasteiger charge is -2.24. The van der Waals surface area contributed by atoms with E-state index in [9.17, 15) is 0 Å². The Balaban J connectivity index is 1.64. The molecule has 6 heteroatoms. The monoisotopic (exact) mass is 317 g/mol. The van der Waals surface area contributed by atoms with Crippen molar-refractivity contribution in [1.82, 2.24) is 4.90 Å². The van der Waals surface area contributed by atoms with E-state index in [0.717, 1.165) is 46.1 Å². The quantitative estimate of drug-likeness (QED) is 0.381. The van der Waals surface area contributed by atoms with Crippen LogP contribution in [0.5, 0.6) is 0 Å². The van der Waals surface area contributed by atoms with Crippen molar-refractivity contribution in [1.29, 1.82) is 0 Å². The third kappa shape index (κ3) is 7.21. The number of ether oxygens (including phenoxy) is 2. The first-order chi connectivity index (χ1) is 10.2. The van der Waals surface area contributed by atoms with E-state index in [1.807, 2.05) is 0 Å². The van der Waals surface area contributed by atoms with Crippen LogP contribution in [0, 0.1) is 0 Å². The molecule has 0 bridgehead atoms. The van der Waals surface area contributed by atoms with Crippen LogP contribution in [0.2, 0.25) is 5.54 Å². The molecule has 124 valence electrons. The van der Waals surface area contributed by atoms with E-state index >= 15 is 0 Å². The molecule has 0 saturated carbocycles. The summed E-state index contributed by atoms with van der Waals surface area (Å²) in [5.41, 5.74) is 0.570. The van der Waals surface area contributed by atoms with Gasteiger partial charge in [-0.1, -0.05) is 6.92 Å². The Morgan fingerprint density at radius 3 is 2.05 bits per heavy atom. The summed E-state index contributed by atoms with van der Waals surface area (Å²) in [6, 6.07) is 0. The molecule has 2 aliphatic heterocycles. The summed E-state index contributed by atoms with van der Waals surface area (Å²) in [5.74, 6) is 0. The van der Waals surface area contributed by atoms with Crippen LogP contribution in [0.3, 0.4) is 0 Å². The van der Waals surface area contributed by atoms with Crippen molar-refractivity contribution in [3.05, 3.63) is 0 Å². The van der Waals surface area contributed by atoms with Gasteiger partial charge in [0.2, 0.25) is 0 Å². The van der Waals surface area contributed by atoms with Gasteiger partial charge in [-0.3, -0.25) is 4.90 Å². The number of nitrogens with zero attached hydrogens (tertiary/aromatic N) is 1. The Labute approximate surface area is 130 Å². The molecule has 21 heavy (non-hydrogen) atoms. The van der Waals surface area contributed by atoms with Gasteiger partial charge in [-0.05, 0) is 38.8 Å². The minimum absolute atomic E-state index is 0.468. The smallest absolute Gasteiger partial charge is 0.324 e. The maximum Gasteiger partial charge on any atom is 0.324 e. The Morgan fingerprint density at radius 1 is 1.10 bits per heavy atom. The van der Waals surface area contributed by atoms with Gasteiger partial charge in [-0.2, -0.15) is 0 Å². The van der Waals surface area contributed by atoms with E-state index < -0.39 is 9.28 Å². The predicted molar refractivity (Wildman–Crippen MR) is 85.0 cm³/mol. The zero-order valence-electron chi connectivity index (χ0n) is 13.8. The van der Waals surface area contributed by atoms with Crippen molar-refractivity contribution in [3.8, 4) is 0 Å². The number of hydrogen-bond donors (Lipinski definition) is 0. The zero-order valence-corrected chi connectivity index (χ0v) is 14.9. The van der Waals surface area contributed by atoms with Crippen molar-refractivity contribution in [2.24, 2.45) is 0 Å². The normalized spacial score (nSPS) is 25.6. The highest BCUT2D eigenvalue weighted by molar-refractivity contribution is 6.46. The largest absolute Gasteiger partial charge is 0.397 e. The van der Waals surface area contributed by atoms with E-state index in [2.05, 4.69) is 25.7 Å². The minimum Gasteiger partial charge on any atom is -0.397 e. The van der Waals surface area contributed by atoms with E-state index in [-0.39, 0.29) is 0 Å². The van der Waals surface area contributed by atoms with Gasteiger partial charge in [0.1, 0.15) is 0 Å². The average molecular weight is 318 g/mol. The lowest BCUT2D eigenvalue weighted by Crippen LogP contribution is -2.33. The lowest BCUT2D eigenvalue weighted by atomic mass is 10.2. The molecule has 2 fully saturated rings. The number of epoxide rings is 2. The molecule has 0 aromatic rings. The summed E-state index contributed by atoms with van der Waals surface area (Å²) >= 11 is 0. The zero-order chi connectivity index (χ0) is 15.1. The van der Waals surface area contributed by atoms with Crippen LogP contribution < -0.4 is 0 Å². The van der Waals surface area contributed by atoms with Crippen LogP contribution in [-0.4, -0.2) is 72.5 Å². The predicted octanol–water partition coefficient (Wildman–Crippen LogP) is 1.55. The SMILES string of the molecule is CCO[SiH](OCC)C(C)CCCN(CC1CO1)CC1CO1. The van der Waals surface area contributed by atoms with Gasteiger partial charge in [0, 0.05) is 26.3 Å². The second-order valence-corrected chi connectivity index (χ2v) is 8.61. The molecule has 0 spiro atoms. The van der Waals surface area contributed by atoms with Gasteiger partial charge in [0.25, 0.3) is 0 Å². The number of rotatable bonds is 13. The highest BCUT2D eigenvalue weighted by Crippen LogP contribution is 2.21. The first-order valence-electron chi connectivity index (χ1n) is 8.41. The molecule has 2 aliphatic rings. The highest BCUT2D eigenvalue weighted by Gasteiger charge is 2.30. The summed E-state index contributed by atoms with van der Waals surface area (Å²) in [4.78, 5) is 2.50. The van der Waals surface area contributed by atoms with Crippen LogP contribution in [0.1, 0.15) is 33.6 Å². The summed E-state index contributed by atoms with van der Waals surface area (Å²) in [6.45, 7) is 13.0. The van der Waals surface area contributed by atoms with Crippen molar-refractivity contribution < 1.29 is 18.3 Å². The maximum atomic E-state index is 5.81. The third-order valence-electron chi connectivity index (χ3n) is 3.99. The molecule has 0 N–H and O–H groups in total. The van der Waals surface area contributed by atoms with E-state index in [1.54, 1.807) is 0 Å². The topological polar surface area (TPSA) is 46.8 Å². The van der Waals surface area contributed by atoms with Gasteiger partial charge in [0.15, 0.2) is 0 Å². The van der Waals surface area contributed by atoms with Gasteiger partial charge >= 0.3 is 9.28 Å². The highest BCUT2D eigenvalue weighted by atomic mass is 28.3. The van der Waals surface area contributed by atoms with Gasteiger partial charge in [-0.15, -0.1) is 0 Å². The third-order valence-corrected chi connectivity index (χ3v) is 6.57. The minimum atomic E-state index is -1.49. The Kier molecular flexibility index (Phi) is 7.63. The summed E-state index contributed by atoms with van der Waals surface area (Å²) in [6.07, 6.45) is 3.32. The summed E-state index contributed by atoms with van der Waals surface area (Å²) < 4.78 is 22.3. The van der Waals surface area contributed by atoms with Crippen LogP contribution in [-0.2, 0) is 18.3 Å². The maximum absolute atomic E-state index is 5.81. The van der Waals surface area contributed by atoms with Crippen LogP contribution in [0.15, 0.2) is 0 Å². The van der Waals surface area contributed by atoms with Crippen molar-refractivity contribution in [2.45, 2.75) is 51.4 Å². The van der Waals surface area contributed by atoms with Crippen LogP contribution in [0.25, 0.3) is 0 Å². The molecule has 2 rings (SSSR count). The van der Waals surface area contributed by atoms with Gasteiger partial charge in [0.05, 0.1) is 25.4 Å². The van der Waals surface area contributed by atoms with Gasteiger partial charge < -0.3 is 18.3 Å². The van der Waals surface area contributed by atoms with Crippen LogP contribution >= 0.6 is 0 Å². The molecule has 3 atom stereocenters. The van der Waals surface area contributed by atoms with Crippen LogP contribution in [0.4, 0.5) is 0 Å². The first-order valence-corrected chi connectivity index (χ1v) is 10.0. The van der Waals surface area contributed by atoms with Crippen molar-refractivity contribution in [2.75, 3.05) is 46.1 Å². The fourth-order valence-corrected chi connectivity index (χ4v) is 4.58. The molecule has 0 aliphatic carbocycles. The summed E-state index contributed by atoms with van der Waals surface area (Å²) in [5, 5.41) is 0. The van der Waals surface area contributed by atoms with Gasteiger partial charge in [-0.25, -0.2) is 0 Å². The number of hydrogen-bond acceptors (Lipinski definition) is 5. The lowest BCUT2D eigenvalue weighted by molar-refractivity contribution is 0.197. The summed E-state index contributed by atoms with van der Waals surface area (Å²) in [7, 11) is -1.49. The molecule has 0 aromatic carbocycles. The molecule has 3 unspecified atom stereocenters. The molecule has 2 saturated heterocycles. The Morgan fingerprint density at radius 2 is 1.62 bits per heavy atom. The fraction of sp³-hybridized carbons (Fsp3) is 1.00. The molecular weight excluding hydrogens is 286 g/mol. The molecule has 2 heterocycles. The fourth-order valence-electron chi connectivity index (χ4n) is 2.66. The molecular formula is C15H31NO4Si. The van der Waals surface area contributed by atoms with E-state index in [0.29, 0.717) is 17.7 Å². The first kappa shape index (κ1) is 17.4. The Bertz CT molecular complexity index is 267. The molecule has 0 aromatic heterocycles. The second-order valence-electron chi connectivity index (χ2n) is 6.07. The van der Waals surface area contributed by atoms with E-state index in [1.165, 1.54) is 12.8 Å². The van der Waals surface area contributed by atoms with Crippen molar-refractivity contribution >= 4 is 9.28 Å². The second kappa shape index (κ2) is 9.22.